The van der Waals surface area contributed by atoms with Gasteiger partial charge in [0.25, 0.3) is 0 Å². The lowest BCUT2D eigenvalue weighted by molar-refractivity contribution is 0.222. The average Bonchev–Trinajstić information content (AvgIpc) is 3.19. The standard InChI is InChI=1S/C21H25N5O2/c1-13-9-16-17(10-21(2,3)11-18(16)28-13)24-20(27)23-15-7-5-14(6-8-15)19-22-12-26(4)25-19/h5-9,12,17H,10-11H2,1-4H3,(H2,23,24,27). The van der Waals surface area contributed by atoms with Crippen molar-refractivity contribution < 1.29 is 9.21 Å². The first-order chi connectivity index (χ1) is 13.3. The van der Waals surface area contributed by atoms with Gasteiger partial charge in [0.2, 0.25) is 0 Å². The second-order valence-electron chi connectivity index (χ2n) is 8.25. The molecule has 0 aliphatic heterocycles. The van der Waals surface area contributed by atoms with E-state index in [0.717, 1.165) is 41.2 Å². The first-order valence-electron chi connectivity index (χ1n) is 9.42. The lowest BCUT2D eigenvalue weighted by atomic mass is 9.75. The summed E-state index contributed by atoms with van der Waals surface area (Å²) < 4.78 is 7.50. The number of fused-ring (bicyclic) bond motifs is 1. The summed E-state index contributed by atoms with van der Waals surface area (Å²) in [6, 6.07) is 9.24. The summed E-state index contributed by atoms with van der Waals surface area (Å²) in [5.41, 5.74) is 2.78. The molecule has 7 nitrogen and oxygen atoms in total. The van der Waals surface area contributed by atoms with E-state index in [4.69, 9.17) is 4.42 Å². The third-order valence-electron chi connectivity index (χ3n) is 5.04. The highest BCUT2D eigenvalue weighted by Crippen LogP contribution is 2.42. The summed E-state index contributed by atoms with van der Waals surface area (Å²) in [4.78, 5) is 16.8. The Hall–Kier alpha value is -3.09. The van der Waals surface area contributed by atoms with Gasteiger partial charge >= 0.3 is 6.03 Å². The number of urea groups is 1. The zero-order valence-corrected chi connectivity index (χ0v) is 16.6. The first-order valence-corrected chi connectivity index (χ1v) is 9.42. The Morgan fingerprint density at radius 2 is 2.04 bits per heavy atom. The van der Waals surface area contributed by atoms with Crippen LogP contribution in [0.4, 0.5) is 10.5 Å². The maximum Gasteiger partial charge on any atom is 0.319 e. The van der Waals surface area contributed by atoms with Crippen LogP contribution in [-0.2, 0) is 13.5 Å². The number of carbonyl (C=O) groups excluding carboxylic acids is 1. The van der Waals surface area contributed by atoms with E-state index in [1.54, 1.807) is 11.0 Å². The summed E-state index contributed by atoms with van der Waals surface area (Å²) >= 11 is 0. The van der Waals surface area contributed by atoms with Crippen molar-refractivity contribution in [3.05, 3.63) is 53.7 Å². The van der Waals surface area contributed by atoms with Crippen LogP contribution in [0, 0.1) is 12.3 Å². The van der Waals surface area contributed by atoms with Gasteiger partial charge in [0.15, 0.2) is 5.82 Å². The van der Waals surface area contributed by atoms with Gasteiger partial charge in [-0.3, -0.25) is 4.68 Å². The molecule has 0 saturated heterocycles. The van der Waals surface area contributed by atoms with Crippen molar-refractivity contribution in [2.75, 3.05) is 5.32 Å². The number of carbonyl (C=O) groups is 1. The van der Waals surface area contributed by atoms with Gasteiger partial charge in [0.1, 0.15) is 17.8 Å². The summed E-state index contributed by atoms with van der Waals surface area (Å²) in [5.74, 6) is 2.52. The summed E-state index contributed by atoms with van der Waals surface area (Å²) in [7, 11) is 1.83. The zero-order valence-electron chi connectivity index (χ0n) is 16.6. The molecule has 1 atom stereocenters. The number of hydrogen-bond acceptors (Lipinski definition) is 4. The van der Waals surface area contributed by atoms with Crippen LogP contribution in [0.25, 0.3) is 11.4 Å². The summed E-state index contributed by atoms with van der Waals surface area (Å²) in [5, 5.41) is 10.3. The molecule has 7 heteroatoms. The third kappa shape index (κ3) is 3.78. The highest BCUT2D eigenvalue weighted by atomic mass is 16.3. The molecule has 0 fully saturated rings. The lowest BCUT2D eigenvalue weighted by Gasteiger charge is -2.34. The van der Waals surface area contributed by atoms with E-state index < -0.39 is 0 Å². The molecular weight excluding hydrogens is 354 g/mol. The summed E-state index contributed by atoms with van der Waals surface area (Å²) in [6.07, 6.45) is 3.42. The van der Waals surface area contributed by atoms with Crippen LogP contribution in [-0.4, -0.2) is 20.8 Å². The fraction of sp³-hybridized carbons (Fsp3) is 0.381. The molecule has 2 amide bonds. The predicted molar refractivity (Wildman–Crippen MR) is 107 cm³/mol. The zero-order chi connectivity index (χ0) is 19.9. The lowest BCUT2D eigenvalue weighted by Crippen LogP contribution is -2.38. The highest BCUT2D eigenvalue weighted by Gasteiger charge is 2.35. The molecule has 0 saturated carbocycles. The molecule has 146 valence electrons. The molecule has 1 unspecified atom stereocenters. The van der Waals surface area contributed by atoms with Crippen LogP contribution in [0.3, 0.4) is 0 Å². The molecule has 2 heterocycles. The molecule has 0 radical (unpaired) electrons. The molecule has 1 aliphatic rings. The smallest absolute Gasteiger partial charge is 0.319 e. The molecule has 0 spiro atoms. The fourth-order valence-electron chi connectivity index (χ4n) is 3.81. The fourth-order valence-corrected chi connectivity index (χ4v) is 3.81. The van der Waals surface area contributed by atoms with Gasteiger partial charge in [0.05, 0.1) is 6.04 Å². The first kappa shape index (κ1) is 18.3. The van der Waals surface area contributed by atoms with Gasteiger partial charge in [-0.25, -0.2) is 9.78 Å². The van der Waals surface area contributed by atoms with E-state index >= 15 is 0 Å². The van der Waals surface area contributed by atoms with Gasteiger partial charge in [-0.1, -0.05) is 13.8 Å². The Balaban J connectivity index is 1.44. The van der Waals surface area contributed by atoms with Crippen molar-refractivity contribution in [3.63, 3.8) is 0 Å². The topological polar surface area (TPSA) is 85.0 Å². The monoisotopic (exact) mass is 379 g/mol. The van der Waals surface area contributed by atoms with Crippen molar-refractivity contribution in [3.8, 4) is 11.4 Å². The number of furan rings is 1. The van der Waals surface area contributed by atoms with Gasteiger partial charge in [-0.2, -0.15) is 5.10 Å². The van der Waals surface area contributed by atoms with Crippen molar-refractivity contribution in [1.29, 1.82) is 0 Å². The Bertz CT molecular complexity index is 1000. The number of aryl methyl sites for hydroxylation is 2. The maximum atomic E-state index is 12.6. The average molecular weight is 379 g/mol. The number of benzene rings is 1. The highest BCUT2D eigenvalue weighted by molar-refractivity contribution is 5.89. The van der Waals surface area contributed by atoms with Crippen LogP contribution < -0.4 is 10.6 Å². The number of nitrogens with zero attached hydrogens (tertiary/aromatic N) is 3. The number of anilines is 1. The van der Waals surface area contributed by atoms with Crippen molar-refractivity contribution in [2.45, 2.75) is 39.7 Å². The van der Waals surface area contributed by atoms with E-state index in [1.165, 1.54) is 0 Å². The van der Waals surface area contributed by atoms with Crippen LogP contribution in [0.2, 0.25) is 0 Å². The molecule has 2 N–H and O–H groups in total. The Kier molecular flexibility index (Phi) is 4.45. The van der Waals surface area contributed by atoms with Crippen LogP contribution in [0.5, 0.6) is 0 Å². The largest absolute Gasteiger partial charge is 0.466 e. The second-order valence-corrected chi connectivity index (χ2v) is 8.25. The van der Waals surface area contributed by atoms with E-state index in [2.05, 4.69) is 34.6 Å². The van der Waals surface area contributed by atoms with E-state index in [1.807, 2.05) is 44.3 Å². The van der Waals surface area contributed by atoms with Crippen LogP contribution in [0.15, 0.2) is 41.1 Å². The second kappa shape index (κ2) is 6.82. The van der Waals surface area contributed by atoms with Crippen molar-refractivity contribution in [2.24, 2.45) is 12.5 Å². The predicted octanol–water partition coefficient (Wildman–Crippen LogP) is 4.22. The van der Waals surface area contributed by atoms with Gasteiger partial charge in [0, 0.05) is 30.3 Å². The van der Waals surface area contributed by atoms with Gasteiger partial charge in [-0.05, 0) is 49.1 Å². The third-order valence-corrected chi connectivity index (χ3v) is 5.04. The van der Waals surface area contributed by atoms with Gasteiger partial charge < -0.3 is 15.1 Å². The quantitative estimate of drug-likeness (QED) is 0.713. The Morgan fingerprint density at radius 3 is 2.71 bits per heavy atom. The molecule has 0 bridgehead atoms. The molecular formula is C21H25N5O2. The SMILES string of the molecule is Cc1cc2c(o1)CC(C)(C)CC2NC(=O)Nc1ccc(-c2ncn(C)n2)cc1. The molecule has 1 aromatic carbocycles. The minimum absolute atomic E-state index is 0.0619. The minimum Gasteiger partial charge on any atom is -0.466 e. The van der Waals surface area contributed by atoms with E-state index in [9.17, 15) is 4.79 Å². The number of hydrogen-bond donors (Lipinski definition) is 2. The summed E-state index contributed by atoms with van der Waals surface area (Å²) in [6.45, 7) is 6.34. The van der Waals surface area contributed by atoms with E-state index in [-0.39, 0.29) is 17.5 Å². The Labute approximate surface area is 164 Å². The Morgan fingerprint density at radius 1 is 1.29 bits per heavy atom. The number of aromatic nitrogens is 3. The number of nitrogens with one attached hydrogen (secondary N) is 2. The van der Waals surface area contributed by atoms with Crippen LogP contribution in [0.1, 0.15) is 43.4 Å². The number of amides is 2. The minimum atomic E-state index is -0.226. The van der Waals surface area contributed by atoms with Gasteiger partial charge in [-0.15, -0.1) is 0 Å². The molecule has 28 heavy (non-hydrogen) atoms. The molecule has 2 aromatic heterocycles. The molecule has 1 aliphatic carbocycles. The van der Waals surface area contributed by atoms with E-state index in [0.29, 0.717) is 5.82 Å². The maximum absolute atomic E-state index is 12.6. The van der Waals surface area contributed by atoms with Crippen molar-refractivity contribution >= 4 is 11.7 Å². The molecule has 3 aromatic rings. The van der Waals surface area contributed by atoms with Crippen LogP contribution >= 0.6 is 0 Å². The van der Waals surface area contributed by atoms with Crippen molar-refractivity contribution in [1.82, 2.24) is 20.1 Å². The number of rotatable bonds is 3. The molecule has 4 rings (SSSR count). The normalized spacial score (nSPS) is 17.8.